The van der Waals surface area contributed by atoms with Gasteiger partial charge in [-0.2, -0.15) is 0 Å². The fraction of sp³-hybridized carbons (Fsp3) is 0.538. The maximum absolute atomic E-state index is 10.9. The van der Waals surface area contributed by atoms with Crippen LogP contribution in [0.1, 0.15) is 25.8 Å². The minimum Gasteiger partial charge on any atom is -0.497 e. The molecule has 2 N–H and O–H groups in total. The Hall–Kier alpha value is -1.62. The number of rotatable bonds is 6. The minimum atomic E-state index is -0.378. The summed E-state index contributed by atoms with van der Waals surface area (Å²) in [6.07, 6.45) is 1.33. The molecule has 18 heavy (non-hydrogen) atoms. The molecule has 1 unspecified atom stereocenters. The van der Waals surface area contributed by atoms with Gasteiger partial charge in [0.2, 0.25) is 0 Å². The molecular formula is C13H20N2O3. The highest BCUT2D eigenvalue weighted by atomic mass is 16.6. The molecule has 0 aliphatic carbocycles. The highest BCUT2D eigenvalue weighted by molar-refractivity contribution is 5.45. The van der Waals surface area contributed by atoms with Crippen molar-refractivity contribution < 1.29 is 9.66 Å². The van der Waals surface area contributed by atoms with Gasteiger partial charge < -0.3 is 10.5 Å². The van der Waals surface area contributed by atoms with E-state index in [1.165, 1.54) is 6.07 Å². The van der Waals surface area contributed by atoms with E-state index in [-0.39, 0.29) is 16.7 Å². The Balaban J connectivity index is 2.93. The van der Waals surface area contributed by atoms with Crippen molar-refractivity contribution in [1.29, 1.82) is 0 Å². The zero-order valence-electron chi connectivity index (χ0n) is 11.1. The number of hydrogen-bond acceptors (Lipinski definition) is 4. The van der Waals surface area contributed by atoms with Gasteiger partial charge in [-0.15, -0.1) is 0 Å². The summed E-state index contributed by atoms with van der Waals surface area (Å²) in [6.45, 7) is 4.17. The second-order valence-corrected chi connectivity index (χ2v) is 4.85. The predicted octanol–water partition coefficient (Wildman–Crippen LogP) is 2.52. The normalized spacial score (nSPS) is 12.5. The molecule has 0 spiro atoms. The van der Waals surface area contributed by atoms with Gasteiger partial charge in [-0.1, -0.05) is 13.8 Å². The molecule has 0 saturated carbocycles. The van der Waals surface area contributed by atoms with Crippen LogP contribution in [0.3, 0.4) is 0 Å². The van der Waals surface area contributed by atoms with Gasteiger partial charge in [-0.05, 0) is 30.9 Å². The van der Waals surface area contributed by atoms with E-state index in [1.54, 1.807) is 19.2 Å². The van der Waals surface area contributed by atoms with Crippen LogP contribution >= 0.6 is 0 Å². The lowest BCUT2D eigenvalue weighted by Gasteiger charge is -2.14. The second-order valence-electron chi connectivity index (χ2n) is 4.85. The molecule has 0 aliphatic heterocycles. The summed E-state index contributed by atoms with van der Waals surface area (Å²) >= 11 is 0. The van der Waals surface area contributed by atoms with Crippen molar-refractivity contribution in [2.75, 3.05) is 7.11 Å². The van der Waals surface area contributed by atoms with Gasteiger partial charge in [0.25, 0.3) is 5.69 Å². The van der Waals surface area contributed by atoms with Crippen LogP contribution in [0.4, 0.5) is 5.69 Å². The first-order valence-electron chi connectivity index (χ1n) is 6.01. The Morgan fingerprint density at radius 3 is 2.61 bits per heavy atom. The minimum absolute atomic E-state index is 0.0733. The zero-order valence-corrected chi connectivity index (χ0v) is 11.1. The number of ether oxygens (including phenoxy) is 1. The maximum Gasteiger partial charge on any atom is 0.272 e. The third kappa shape index (κ3) is 4.00. The van der Waals surface area contributed by atoms with Crippen molar-refractivity contribution in [1.82, 2.24) is 0 Å². The molecular weight excluding hydrogens is 232 g/mol. The Labute approximate surface area is 107 Å². The molecule has 5 nitrogen and oxygen atoms in total. The number of methoxy groups -OCH3 is 1. The first-order valence-corrected chi connectivity index (χ1v) is 6.01. The van der Waals surface area contributed by atoms with Gasteiger partial charge >= 0.3 is 0 Å². The van der Waals surface area contributed by atoms with Crippen LogP contribution in [0, 0.1) is 16.0 Å². The number of nitro benzene ring substituents is 1. The van der Waals surface area contributed by atoms with Gasteiger partial charge in [0.15, 0.2) is 0 Å². The van der Waals surface area contributed by atoms with E-state index in [2.05, 4.69) is 13.8 Å². The average Bonchev–Trinajstić information content (AvgIpc) is 2.27. The zero-order chi connectivity index (χ0) is 13.7. The van der Waals surface area contributed by atoms with Gasteiger partial charge in [0.05, 0.1) is 12.0 Å². The number of benzene rings is 1. The quantitative estimate of drug-likeness (QED) is 0.623. The van der Waals surface area contributed by atoms with Crippen molar-refractivity contribution in [2.45, 2.75) is 32.7 Å². The number of nitrogens with two attached hydrogens (primary N) is 1. The van der Waals surface area contributed by atoms with Crippen molar-refractivity contribution in [3.8, 4) is 5.75 Å². The van der Waals surface area contributed by atoms with Crippen molar-refractivity contribution in [3.05, 3.63) is 33.9 Å². The first-order chi connectivity index (χ1) is 8.43. The molecule has 0 saturated heterocycles. The summed E-state index contributed by atoms with van der Waals surface area (Å²) in [5.41, 5.74) is 6.74. The van der Waals surface area contributed by atoms with Crippen LogP contribution in [0.2, 0.25) is 0 Å². The van der Waals surface area contributed by atoms with Crippen LogP contribution in [0.5, 0.6) is 5.75 Å². The van der Waals surface area contributed by atoms with Gasteiger partial charge in [0, 0.05) is 17.7 Å². The van der Waals surface area contributed by atoms with Crippen LogP contribution in [0.15, 0.2) is 18.2 Å². The predicted molar refractivity (Wildman–Crippen MR) is 70.8 cm³/mol. The monoisotopic (exact) mass is 252 g/mol. The third-order valence-corrected chi connectivity index (χ3v) is 2.74. The average molecular weight is 252 g/mol. The van der Waals surface area contributed by atoms with Gasteiger partial charge in [-0.3, -0.25) is 10.1 Å². The third-order valence-electron chi connectivity index (χ3n) is 2.74. The van der Waals surface area contributed by atoms with Crippen molar-refractivity contribution in [3.63, 3.8) is 0 Å². The number of nitro groups is 1. The molecule has 1 rings (SSSR count). The summed E-state index contributed by atoms with van der Waals surface area (Å²) in [5.74, 6) is 1.09. The molecule has 1 aromatic rings. The highest BCUT2D eigenvalue weighted by Gasteiger charge is 2.17. The molecule has 1 atom stereocenters. The highest BCUT2D eigenvalue weighted by Crippen LogP contribution is 2.25. The lowest BCUT2D eigenvalue weighted by atomic mass is 9.97. The Bertz CT molecular complexity index is 419. The molecule has 100 valence electrons. The molecule has 0 fully saturated rings. The van der Waals surface area contributed by atoms with E-state index >= 15 is 0 Å². The molecule has 0 aromatic heterocycles. The molecule has 0 heterocycles. The van der Waals surface area contributed by atoms with Crippen molar-refractivity contribution in [2.24, 2.45) is 11.7 Å². The largest absolute Gasteiger partial charge is 0.497 e. The fourth-order valence-corrected chi connectivity index (χ4v) is 2.00. The Morgan fingerprint density at radius 1 is 1.44 bits per heavy atom. The summed E-state index contributed by atoms with van der Waals surface area (Å²) in [6, 6.07) is 4.68. The Kier molecular flexibility index (Phi) is 5.09. The summed E-state index contributed by atoms with van der Waals surface area (Å²) < 4.78 is 5.09. The topological polar surface area (TPSA) is 78.4 Å². The fourth-order valence-electron chi connectivity index (χ4n) is 2.00. The van der Waals surface area contributed by atoms with Crippen LogP contribution in [0.25, 0.3) is 0 Å². The summed E-state index contributed by atoms with van der Waals surface area (Å²) in [4.78, 5) is 10.6. The standard InChI is InChI=1S/C13H20N2O3/c1-9(2)6-11(14)7-10-8-12(18-3)4-5-13(10)15(16)17/h4-5,8-9,11H,6-7,14H2,1-3H3. The molecule has 0 aliphatic rings. The summed E-state index contributed by atoms with van der Waals surface area (Å²) in [5, 5.41) is 10.9. The summed E-state index contributed by atoms with van der Waals surface area (Å²) in [7, 11) is 1.54. The van der Waals surface area contributed by atoms with Crippen LogP contribution in [-0.2, 0) is 6.42 Å². The smallest absolute Gasteiger partial charge is 0.272 e. The van der Waals surface area contributed by atoms with E-state index in [0.29, 0.717) is 23.7 Å². The maximum atomic E-state index is 10.9. The lowest BCUT2D eigenvalue weighted by Crippen LogP contribution is -2.25. The molecule has 0 radical (unpaired) electrons. The van der Waals surface area contributed by atoms with Gasteiger partial charge in [0.1, 0.15) is 5.75 Å². The van der Waals surface area contributed by atoms with E-state index < -0.39 is 0 Å². The molecule has 0 bridgehead atoms. The van der Waals surface area contributed by atoms with E-state index in [0.717, 1.165) is 6.42 Å². The van der Waals surface area contributed by atoms with E-state index in [4.69, 9.17) is 10.5 Å². The Morgan fingerprint density at radius 2 is 2.11 bits per heavy atom. The molecule has 5 heteroatoms. The van der Waals surface area contributed by atoms with Crippen LogP contribution < -0.4 is 10.5 Å². The van der Waals surface area contributed by atoms with Gasteiger partial charge in [-0.25, -0.2) is 0 Å². The van der Waals surface area contributed by atoms with Crippen LogP contribution in [-0.4, -0.2) is 18.1 Å². The molecule has 1 aromatic carbocycles. The van der Waals surface area contributed by atoms with Crippen molar-refractivity contribution >= 4 is 5.69 Å². The molecule has 0 amide bonds. The SMILES string of the molecule is COc1ccc([N+](=O)[O-])c(CC(N)CC(C)C)c1. The first kappa shape index (κ1) is 14.4. The second kappa shape index (κ2) is 6.35. The lowest BCUT2D eigenvalue weighted by molar-refractivity contribution is -0.385. The van der Waals surface area contributed by atoms with E-state index in [1.807, 2.05) is 0 Å². The van der Waals surface area contributed by atoms with E-state index in [9.17, 15) is 10.1 Å². The number of nitrogens with zero attached hydrogens (tertiary/aromatic N) is 1. The number of hydrogen-bond donors (Lipinski definition) is 1.